The molecule has 5 heteroatoms. The van der Waals surface area contributed by atoms with Gasteiger partial charge in [-0.3, -0.25) is 0 Å². The van der Waals surface area contributed by atoms with Crippen molar-refractivity contribution < 1.29 is 5.11 Å². The standard InChI is InChI=1S/C21H30N4O/c1-14(2)18-10-19(24-20(23-18)22-15(3)12-26)25-11-16-8-6-7-9-17(16)21(4,5)13-25/h6-10,14-15,26H,11-13H2,1-5H3,(H,22,23,24)/t15-/m1/s1. The van der Waals surface area contributed by atoms with Crippen molar-refractivity contribution in [3.8, 4) is 0 Å². The third kappa shape index (κ3) is 3.83. The summed E-state index contributed by atoms with van der Waals surface area (Å²) >= 11 is 0. The lowest BCUT2D eigenvalue weighted by molar-refractivity contribution is 0.281. The monoisotopic (exact) mass is 354 g/mol. The van der Waals surface area contributed by atoms with Crippen molar-refractivity contribution in [2.24, 2.45) is 0 Å². The molecule has 0 fully saturated rings. The zero-order valence-corrected chi connectivity index (χ0v) is 16.5. The highest BCUT2D eigenvalue weighted by molar-refractivity contribution is 5.51. The van der Waals surface area contributed by atoms with Gasteiger partial charge in [-0.25, -0.2) is 4.98 Å². The molecule has 1 aliphatic heterocycles. The number of aliphatic hydroxyl groups excluding tert-OH is 1. The summed E-state index contributed by atoms with van der Waals surface area (Å²) in [6.07, 6.45) is 0. The molecule has 0 bridgehead atoms. The molecule has 2 aromatic rings. The Bertz CT molecular complexity index is 772. The fourth-order valence-corrected chi connectivity index (χ4v) is 3.55. The van der Waals surface area contributed by atoms with E-state index in [4.69, 9.17) is 4.98 Å². The zero-order valence-electron chi connectivity index (χ0n) is 16.5. The van der Waals surface area contributed by atoms with E-state index in [9.17, 15) is 5.11 Å². The number of hydrogen-bond donors (Lipinski definition) is 2. The SMILES string of the molecule is CC(C)c1cc(N2Cc3ccccc3C(C)(C)C2)nc(N[C@H](C)CO)n1. The molecule has 0 spiro atoms. The lowest BCUT2D eigenvalue weighted by atomic mass is 9.78. The van der Waals surface area contributed by atoms with Crippen LogP contribution >= 0.6 is 0 Å². The van der Waals surface area contributed by atoms with Gasteiger partial charge in [-0.2, -0.15) is 4.98 Å². The molecule has 1 aliphatic rings. The van der Waals surface area contributed by atoms with Crippen molar-refractivity contribution in [1.82, 2.24) is 9.97 Å². The van der Waals surface area contributed by atoms with E-state index >= 15 is 0 Å². The summed E-state index contributed by atoms with van der Waals surface area (Å²) in [7, 11) is 0. The molecular formula is C21H30N4O. The van der Waals surface area contributed by atoms with Crippen LogP contribution < -0.4 is 10.2 Å². The number of nitrogens with zero attached hydrogens (tertiary/aromatic N) is 3. The minimum atomic E-state index is -0.0798. The lowest BCUT2D eigenvalue weighted by Gasteiger charge is -2.40. The first-order valence-electron chi connectivity index (χ1n) is 9.40. The summed E-state index contributed by atoms with van der Waals surface area (Å²) in [5, 5.41) is 12.5. The summed E-state index contributed by atoms with van der Waals surface area (Å²) in [5.41, 5.74) is 3.84. The molecule has 0 unspecified atom stereocenters. The van der Waals surface area contributed by atoms with Gasteiger partial charge in [0.15, 0.2) is 0 Å². The highest BCUT2D eigenvalue weighted by atomic mass is 16.3. The Labute approximate surface area is 156 Å². The van der Waals surface area contributed by atoms with E-state index in [0.717, 1.165) is 24.6 Å². The van der Waals surface area contributed by atoms with Crippen molar-refractivity contribution in [2.45, 2.75) is 58.5 Å². The minimum Gasteiger partial charge on any atom is -0.394 e. The van der Waals surface area contributed by atoms with Crippen molar-refractivity contribution in [3.63, 3.8) is 0 Å². The first-order valence-corrected chi connectivity index (χ1v) is 9.40. The Morgan fingerprint density at radius 3 is 2.62 bits per heavy atom. The molecule has 26 heavy (non-hydrogen) atoms. The van der Waals surface area contributed by atoms with Gasteiger partial charge in [-0.05, 0) is 24.0 Å². The summed E-state index contributed by atoms with van der Waals surface area (Å²) in [6.45, 7) is 12.6. The molecule has 140 valence electrons. The van der Waals surface area contributed by atoms with Crippen LogP contribution in [0.2, 0.25) is 0 Å². The van der Waals surface area contributed by atoms with Crippen LogP contribution in [-0.4, -0.2) is 34.3 Å². The Hall–Kier alpha value is -2.14. The maximum absolute atomic E-state index is 9.34. The number of fused-ring (bicyclic) bond motifs is 1. The molecule has 5 nitrogen and oxygen atoms in total. The molecule has 0 amide bonds. The van der Waals surface area contributed by atoms with Crippen molar-refractivity contribution in [2.75, 3.05) is 23.4 Å². The third-order valence-corrected chi connectivity index (χ3v) is 4.99. The average Bonchev–Trinajstić information content (AvgIpc) is 2.60. The maximum atomic E-state index is 9.34. The van der Waals surface area contributed by atoms with E-state index in [1.807, 2.05) is 6.92 Å². The van der Waals surface area contributed by atoms with Gasteiger partial charge in [0.1, 0.15) is 5.82 Å². The van der Waals surface area contributed by atoms with Crippen molar-refractivity contribution in [3.05, 3.63) is 47.2 Å². The van der Waals surface area contributed by atoms with E-state index in [1.54, 1.807) is 0 Å². The minimum absolute atomic E-state index is 0.0503. The summed E-state index contributed by atoms with van der Waals surface area (Å²) in [5.74, 6) is 1.84. The topological polar surface area (TPSA) is 61.3 Å². The molecule has 1 aromatic carbocycles. The number of rotatable bonds is 5. The van der Waals surface area contributed by atoms with Gasteiger partial charge in [0.25, 0.3) is 0 Å². The van der Waals surface area contributed by atoms with Gasteiger partial charge in [0.2, 0.25) is 5.95 Å². The normalized spacial score (nSPS) is 17.1. The molecule has 1 atom stereocenters. The van der Waals surface area contributed by atoms with Crippen LogP contribution in [0.25, 0.3) is 0 Å². The summed E-state index contributed by atoms with van der Waals surface area (Å²) < 4.78 is 0. The van der Waals surface area contributed by atoms with Gasteiger partial charge in [-0.15, -0.1) is 0 Å². The van der Waals surface area contributed by atoms with Crippen LogP contribution in [0.3, 0.4) is 0 Å². The first-order chi connectivity index (χ1) is 12.3. The smallest absolute Gasteiger partial charge is 0.225 e. The number of hydrogen-bond acceptors (Lipinski definition) is 5. The number of benzene rings is 1. The van der Waals surface area contributed by atoms with Crippen LogP contribution in [-0.2, 0) is 12.0 Å². The van der Waals surface area contributed by atoms with E-state index in [0.29, 0.717) is 11.9 Å². The van der Waals surface area contributed by atoms with Crippen molar-refractivity contribution >= 4 is 11.8 Å². The highest BCUT2D eigenvalue weighted by Gasteiger charge is 2.32. The summed E-state index contributed by atoms with van der Waals surface area (Å²) in [6, 6.07) is 10.7. The predicted molar refractivity (Wildman–Crippen MR) is 107 cm³/mol. The molecule has 0 saturated carbocycles. The maximum Gasteiger partial charge on any atom is 0.225 e. The molecule has 0 aliphatic carbocycles. The molecule has 1 aromatic heterocycles. The highest BCUT2D eigenvalue weighted by Crippen LogP contribution is 2.35. The largest absolute Gasteiger partial charge is 0.394 e. The molecule has 2 N–H and O–H groups in total. The van der Waals surface area contributed by atoms with E-state index in [1.165, 1.54) is 11.1 Å². The number of anilines is 2. The van der Waals surface area contributed by atoms with E-state index in [2.05, 4.69) is 73.2 Å². The van der Waals surface area contributed by atoms with E-state index < -0.39 is 0 Å². The Balaban J connectivity index is 1.98. The molecule has 2 heterocycles. The van der Waals surface area contributed by atoms with E-state index in [-0.39, 0.29) is 18.1 Å². The van der Waals surface area contributed by atoms with Gasteiger partial charge in [0, 0.05) is 30.6 Å². The van der Waals surface area contributed by atoms with Gasteiger partial charge >= 0.3 is 0 Å². The Morgan fingerprint density at radius 1 is 1.19 bits per heavy atom. The van der Waals surface area contributed by atoms with Crippen LogP contribution in [0.1, 0.15) is 57.4 Å². The van der Waals surface area contributed by atoms with Gasteiger partial charge in [-0.1, -0.05) is 52.0 Å². The second kappa shape index (κ2) is 7.23. The Morgan fingerprint density at radius 2 is 1.92 bits per heavy atom. The second-order valence-corrected chi connectivity index (χ2v) is 8.25. The molecule has 0 saturated heterocycles. The predicted octanol–water partition coefficient (Wildman–Crippen LogP) is 3.69. The van der Waals surface area contributed by atoms with Crippen LogP contribution in [0.15, 0.2) is 30.3 Å². The zero-order chi connectivity index (χ0) is 18.9. The Kier molecular flexibility index (Phi) is 5.19. The van der Waals surface area contributed by atoms with Crippen LogP contribution in [0.5, 0.6) is 0 Å². The fourth-order valence-electron chi connectivity index (χ4n) is 3.55. The van der Waals surface area contributed by atoms with Crippen molar-refractivity contribution in [1.29, 1.82) is 0 Å². The fraction of sp³-hybridized carbons (Fsp3) is 0.524. The van der Waals surface area contributed by atoms with Crippen LogP contribution in [0, 0.1) is 0 Å². The number of nitrogens with one attached hydrogen (secondary N) is 1. The molecule has 0 radical (unpaired) electrons. The quantitative estimate of drug-likeness (QED) is 0.857. The third-order valence-electron chi connectivity index (χ3n) is 4.99. The lowest BCUT2D eigenvalue weighted by Crippen LogP contribution is -2.42. The first kappa shape index (κ1) is 18.6. The van der Waals surface area contributed by atoms with Crippen LogP contribution in [0.4, 0.5) is 11.8 Å². The van der Waals surface area contributed by atoms with Gasteiger partial charge in [0.05, 0.1) is 12.3 Å². The molecular weight excluding hydrogens is 324 g/mol. The molecule has 3 rings (SSSR count). The number of aliphatic hydroxyl groups is 1. The summed E-state index contributed by atoms with van der Waals surface area (Å²) in [4.78, 5) is 11.7. The number of aromatic nitrogens is 2. The average molecular weight is 354 g/mol. The second-order valence-electron chi connectivity index (χ2n) is 8.25. The van der Waals surface area contributed by atoms with Gasteiger partial charge < -0.3 is 15.3 Å².